The summed E-state index contributed by atoms with van der Waals surface area (Å²) in [7, 11) is 0. The Hall–Kier alpha value is -1.82. The number of amides is 1. The summed E-state index contributed by atoms with van der Waals surface area (Å²) in [4.78, 5) is 26.1. The Morgan fingerprint density at radius 3 is 2.74 bits per heavy atom. The molecule has 7 heteroatoms. The molecule has 0 bridgehead atoms. The Morgan fingerprint density at radius 2 is 2.07 bits per heavy atom. The zero-order valence-corrected chi connectivity index (χ0v) is 16.7. The van der Waals surface area contributed by atoms with Crippen molar-refractivity contribution in [2.24, 2.45) is 0 Å². The summed E-state index contributed by atoms with van der Waals surface area (Å²) >= 11 is 12.2. The Bertz CT molecular complexity index is 858. The van der Waals surface area contributed by atoms with Crippen molar-refractivity contribution in [1.29, 1.82) is 0 Å². The van der Waals surface area contributed by atoms with Gasteiger partial charge in [-0.05, 0) is 74.9 Å². The Morgan fingerprint density at radius 1 is 1.37 bits per heavy atom. The number of hydrogen-bond acceptors (Lipinski definition) is 4. The first-order valence-electron chi connectivity index (χ1n) is 8.90. The van der Waals surface area contributed by atoms with Crippen LogP contribution >= 0.6 is 23.2 Å². The molecule has 144 valence electrons. The van der Waals surface area contributed by atoms with E-state index in [0.717, 1.165) is 18.4 Å². The number of carbonyl (C=O) groups excluding carboxylic acids is 2. The highest BCUT2D eigenvalue weighted by Gasteiger charge is 2.48. The number of nitrogens with zero attached hydrogens (tertiary/aromatic N) is 1. The second-order valence-corrected chi connectivity index (χ2v) is 7.56. The number of halogens is 2. The predicted molar refractivity (Wildman–Crippen MR) is 106 cm³/mol. The molecule has 2 aliphatic rings. The lowest BCUT2D eigenvalue weighted by Gasteiger charge is -2.33. The summed E-state index contributed by atoms with van der Waals surface area (Å²) in [6.07, 6.45) is 4.68. The molecule has 0 radical (unpaired) electrons. The van der Waals surface area contributed by atoms with Gasteiger partial charge in [0.05, 0.1) is 6.61 Å². The molecule has 0 saturated heterocycles. The van der Waals surface area contributed by atoms with E-state index in [4.69, 9.17) is 27.9 Å². The van der Waals surface area contributed by atoms with E-state index in [1.807, 2.05) is 0 Å². The van der Waals surface area contributed by atoms with Crippen LogP contribution in [0.4, 0.5) is 5.69 Å². The number of rotatable bonds is 4. The average molecular weight is 410 g/mol. The number of benzene rings is 1. The van der Waals surface area contributed by atoms with E-state index in [-0.39, 0.29) is 17.5 Å². The van der Waals surface area contributed by atoms with Gasteiger partial charge in [0.2, 0.25) is 0 Å². The lowest BCUT2D eigenvalue weighted by molar-refractivity contribution is -0.137. The smallest absolute Gasteiger partial charge is 0.349 e. The molecule has 1 aliphatic carbocycles. The number of anilines is 1. The molecule has 5 nitrogen and oxygen atoms in total. The molecule has 0 spiro atoms. The maximum atomic E-state index is 12.9. The standard InChI is InChI=1S/C20H21Cl2NO4/c1-3-27-19(25)17(22)11-12-10-13(8-9-16(12)21)23-18(24)14-6-4-5-7-15(14)20(23,2)26/h8-11,26H,3-7H2,1-2H3/b17-11-. The van der Waals surface area contributed by atoms with Crippen LogP contribution in [0.5, 0.6) is 0 Å². The van der Waals surface area contributed by atoms with Crippen molar-refractivity contribution in [3.8, 4) is 0 Å². The Balaban J connectivity index is 1.98. The highest BCUT2D eigenvalue weighted by molar-refractivity contribution is 6.43. The van der Waals surface area contributed by atoms with E-state index >= 15 is 0 Å². The molecule has 1 aromatic carbocycles. The minimum atomic E-state index is -1.38. The molecule has 27 heavy (non-hydrogen) atoms. The minimum Gasteiger partial charge on any atom is -0.462 e. The van der Waals surface area contributed by atoms with Gasteiger partial charge in [0, 0.05) is 16.3 Å². The number of esters is 1. The third-order valence-electron chi connectivity index (χ3n) is 4.93. The largest absolute Gasteiger partial charge is 0.462 e. The monoisotopic (exact) mass is 409 g/mol. The molecule has 1 amide bonds. The zero-order chi connectivity index (χ0) is 19.8. The predicted octanol–water partition coefficient (Wildman–Crippen LogP) is 4.41. The zero-order valence-electron chi connectivity index (χ0n) is 15.2. The maximum absolute atomic E-state index is 12.9. The summed E-state index contributed by atoms with van der Waals surface area (Å²) in [5.41, 5.74) is 1.05. The first kappa shape index (κ1) is 19.9. The minimum absolute atomic E-state index is 0.118. The summed E-state index contributed by atoms with van der Waals surface area (Å²) in [6.45, 7) is 3.53. The van der Waals surface area contributed by atoms with Crippen LogP contribution in [0, 0.1) is 0 Å². The molecule has 1 aliphatic heterocycles. The molecular weight excluding hydrogens is 389 g/mol. The van der Waals surface area contributed by atoms with Gasteiger partial charge in [0.15, 0.2) is 5.72 Å². The van der Waals surface area contributed by atoms with Crippen molar-refractivity contribution in [3.05, 3.63) is 45.0 Å². The summed E-state index contributed by atoms with van der Waals surface area (Å²) < 4.78 is 4.87. The van der Waals surface area contributed by atoms with Gasteiger partial charge in [0.25, 0.3) is 5.91 Å². The first-order valence-corrected chi connectivity index (χ1v) is 9.66. The second-order valence-electron chi connectivity index (χ2n) is 6.74. The van der Waals surface area contributed by atoms with Crippen LogP contribution in [-0.4, -0.2) is 29.3 Å². The molecule has 0 aromatic heterocycles. The van der Waals surface area contributed by atoms with Crippen molar-refractivity contribution < 1.29 is 19.4 Å². The molecule has 3 rings (SSSR count). The lowest BCUT2D eigenvalue weighted by atomic mass is 9.89. The van der Waals surface area contributed by atoms with Crippen molar-refractivity contribution in [3.63, 3.8) is 0 Å². The normalized spacial score (nSPS) is 22.9. The highest BCUT2D eigenvalue weighted by atomic mass is 35.5. The van der Waals surface area contributed by atoms with Crippen molar-refractivity contribution in [1.82, 2.24) is 0 Å². The van der Waals surface area contributed by atoms with Crippen LogP contribution in [0.25, 0.3) is 6.08 Å². The lowest BCUT2D eigenvalue weighted by Crippen LogP contribution is -2.46. The fourth-order valence-electron chi connectivity index (χ4n) is 3.68. The van der Waals surface area contributed by atoms with E-state index in [1.54, 1.807) is 32.0 Å². The molecule has 1 unspecified atom stereocenters. The van der Waals surface area contributed by atoms with Crippen LogP contribution < -0.4 is 4.90 Å². The number of aliphatic hydroxyl groups is 1. The van der Waals surface area contributed by atoms with E-state index in [1.165, 1.54) is 11.0 Å². The highest BCUT2D eigenvalue weighted by Crippen LogP contribution is 2.44. The molecule has 1 heterocycles. The van der Waals surface area contributed by atoms with Crippen molar-refractivity contribution >= 4 is 46.8 Å². The molecule has 0 fully saturated rings. The molecular formula is C20H21Cl2NO4. The van der Waals surface area contributed by atoms with Crippen LogP contribution in [-0.2, 0) is 14.3 Å². The van der Waals surface area contributed by atoms with Crippen LogP contribution in [0.3, 0.4) is 0 Å². The van der Waals surface area contributed by atoms with Crippen LogP contribution in [0.15, 0.2) is 34.4 Å². The molecule has 1 N–H and O–H groups in total. The Kier molecular flexibility index (Phi) is 5.65. The average Bonchev–Trinajstić information content (AvgIpc) is 2.84. The third kappa shape index (κ3) is 3.64. The molecule has 1 aromatic rings. The van der Waals surface area contributed by atoms with Crippen LogP contribution in [0.2, 0.25) is 5.02 Å². The summed E-state index contributed by atoms with van der Waals surface area (Å²) in [6, 6.07) is 4.91. The fraction of sp³-hybridized carbons (Fsp3) is 0.400. The van der Waals surface area contributed by atoms with Crippen molar-refractivity contribution in [2.75, 3.05) is 11.5 Å². The Labute approximate surface area is 168 Å². The quantitative estimate of drug-likeness (QED) is 0.590. The van der Waals surface area contributed by atoms with E-state index in [2.05, 4.69) is 0 Å². The third-order valence-corrected chi connectivity index (χ3v) is 5.53. The fourth-order valence-corrected chi connectivity index (χ4v) is 4.02. The van der Waals surface area contributed by atoms with E-state index in [0.29, 0.717) is 34.7 Å². The summed E-state index contributed by atoms with van der Waals surface area (Å²) in [5, 5.41) is 11.3. The van der Waals surface area contributed by atoms with Gasteiger partial charge in [-0.25, -0.2) is 4.79 Å². The van der Waals surface area contributed by atoms with Gasteiger partial charge in [-0.1, -0.05) is 23.2 Å². The number of carbonyl (C=O) groups is 2. The van der Waals surface area contributed by atoms with Gasteiger partial charge in [-0.15, -0.1) is 0 Å². The van der Waals surface area contributed by atoms with Gasteiger partial charge >= 0.3 is 5.97 Å². The van der Waals surface area contributed by atoms with Crippen LogP contribution in [0.1, 0.15) is 45.1 Å². The van der Waals surface area contributed by atoms with Crippen molar-refractivity contribution in [2.45, 2.75) is 45.3 Å². The maximum Gasteiger partial charge on any atom is 0.349 e. The second kappa shape index (κ2) is 7.66. The molecule has 1 atom stereocenters. The summed E-state index contributed by atoms with van der Waals surface area (Å²) in [5.74, 6) is -0.842. The number of hydrogen-bond donors (Lipinski definition) is 1. The number of ether oxygens (including phenoxy) is 1. The molecule has 0 saturated carbocycles. The first-order chi connectivity index (χ1) is 12.8. The van der Waals surface area contributed by atoms with E-state index < -0.39 is 11.7 Å². The topological polar surface area (TPSA) is 66.8 Å². The van der Waals surface area contributed by atoms with Gasteiger partial charge < -0.3 is 9.84 Å². The van der Waals surface area contributed by atoms with Gasteiger partial charge in [0.1, 0.15) is 5.03 Å². The van der Waals surface area contributed by atoms with Gasteiger partial charge in [-0.3, -0.25) is 9.69 Å². The SMILES string of the molecule is CCOC(=O)/C(Cl)=C/c1cc(N2C(=O)C3=C(CCCC3)C2(C)O)ccc1Cl. The van der Waals surface area contributed by atoms with E-state index in [9.17, 15) is 14.7 Å². The van der Waals surface area contributed by atoms with Gasteiger partial charge in [-0.2, -0.15) is 0 Å².